The van der Waals surface area contributed by atoms with Crippen LogP contribution in [-0.2, 0) is 6.54 Å². The summed E-state index contributed by atoms with van der Waals surface area (Å²) in [5.74, 6) is 0.747. The van der Waals surface area contributed by atoms with Gasteiger partial charge in [0.15, 0.2) is 0 Å². The molecule has 0 saturated carbocycles. The molecule has 0 aliphatic heterocycles. The number of rotatable bonds is 5. The number of carbonyl (C=O) groups excluding carboxylic acids is 1. The fourth-order valence-electron chi connectivity index (χ4n) is 3.52. The van der Waals surface area contributed by atoms with E-state index < -0.39 is 0 Å². The van der Waals surface area contributed by atoms with Crippen molar-refractivity contribution in [2.45, 2.75) is 26.4 Å². The molecule has 0 bridgehead atoms. The zero-order valence-electron chi connectivity index (χ0n) is 16.7. The highest BCUT2D eigenvalue weighted by Crippen LogP contribution is 2.25. The lowest BCUT2D eigenvalue weighted by molar-refractivity contribution is 0.0940. The smallest absolute Gasteiger partial charge is 0.251 e. The van der Waals surface area contributed by atoms with Crippen molar-refractivity contribution >= 4 is 40.1 Å². The third kappa shape index (κ3) is 4.20. The molecule has 0 saturated heterocycles. The highest BCUT2D eigenvalue weighted by molar-refractivity contribution is 6.42. The molecule has 0 fully saturated rings. The van der Waals surface area contributed by atoms with E-state index in [1.807, 2.05) is 74.5 Å². The zero-order valence-corrected chi connectivity index (χ0v) is 18.2. The van der Waals surface area contributed by atoms with Gasteiger partial charge in [0.25, 0.3) is 5.91 Å². The number of aromatic nitrogens is 2. The van der Waals surface area contributed by atoms with Crippen molar-refractivity contribution in [2.24, 2.45) is 0 Å². The van der Waals surface area contributed by atoms with Gasteiger partial charge < -0.3 is 9.88 Å². The summed E-state index contributed by atoms with van der Waals surface area (Å²) >= 11 is 12.2. The molecule has 0 radical (unpaired) electrons. The number of hydrogen-bond acceptors (Lipinski definition) is 2. The predicted octanol–water partition coefficient (Wildman–Crippen LogP) is 6.19. The average Bonchev–Trinajstić information content (AvgIpc) is 3.05. The van der Waals surface area contributed by atoms with Crippen molar-refractivity contribution in [3.8, 4) is 0 Å². The van der Waals surface area contributed by atoms with Crippen molar-refractivity contribution in [2.75, 3.05) is 0 Å². The summed E-state index contributed by atoms with van der Waals surface area (Å²) in [6.07, 6.45) is 0. The third-order valence-corrected chi connectivity index (χ3v) is 5.91. The fraction of sp³-hybridized carbons (Fsp3) is 0.167. The number of fused-ring (bicyclic) bond motifs is 1. The lowest BCUT2D eigenvalue weighted by atomic mass is 10.1. The first kappa shape index (κ1) is 20.5. The molecule has 0 spiro atoms. The van der Waals surface area contributed by atoms with Crippen LogP contribution in [-0.4, -0.2) is 15.5 Å². The molecule has 1 atom stereocenters. The number of hydrogen-bond donors (Lipinski definition) is 1. The molecule has 0 aliphatic rings. The van der Waals surface area contributed by atoms with Crippen LogP contribution in [0.5, 0.6) is 0 Å². The van der Waals surface area contributed by atoms with Crippen LogP contribution >= 0.6 is 23.2 Å². The molecule has 1 N–H and O–H groups in total. The monoisotopic (exact) mass is 437 g/mol. The second-order valence-electron chi connectivity index (χ2n) is 7.30. The highest BCUT2D eigenvalue weighted by atomic mass is 35.5. The number of imidazole rings is 1. The minimum Gasteiger partial charge on any atom is -0.346 e. The summed E-state index contributed by atoms with van der Waals surface area (Å²) in [5.41, 5.74) is 4.43. The average molecular weight is 438 g/mol. The van der Waals surface area contributed by atoms with Gasteiger partial charge >= 0.3 is 0 Å². The SMILES string of the molecule is Cc1nc2cc(C(=O)N[C@@H](C)c3ccccc3)ccc2n1Cc1ccc(Cl)c(Cl)c1. The van der Waals surface area contributed by atoms with Gasteiger partial charge in [-0.3, -0.25) is 4.79 Å². The van der Waals surface area contributed by atoms with E-state index >= 15 is 0 Å². The van der Waals surface area contributed by atoms with E-state index in [4.69, 9.17) is 23.2 Å². The van der Waals surface area contributed by atoms with Gasteiger partial charge in [0.05, 0.1) is 27.1 Å². The third-order valence-electron chi connectivity index (χ3n) is 5.17. The maximum atomic E-state index is 12.8. The predicted molar refractivity (Wildman–Crippen MR) is 122 cm³/mol. The van der Waals surface area contributed by atoms with Gasteiger partial charge in [-0.1, -0.05) is 59.6 Å². The number of benzene rings is 3. The summed E-state index contributed by atoms with van der Waals surface area (Å²) in [4.78, 5) is 17.4. The minimum atomic E-state index is -0.120. The lowest BCUT2D eigenvalue weighted by Gasteiger charge is -2.14. The molecular formula is C24H21Cl2N3O. The van der Waals surface area contributed by atoms with E-state index in [1.165, 1.54) is 0 Å². The first-order valence-corrected chi connectivity index (χ1v) is 10.4. The molecule has 6 heteroatoms. The number of carbonyl (C=O) groups is 1. The van der Waals surface area contributed by atoms with Gasteiger partial charge in [0.1, 0.15) is 5.82 Å². The minimum absolute atomic E-state index is 0.0802. The molecule has 1 aromatic heterocycles. The summed E-state index contributed by atoms with van der Waals surface area (Å²) in [5, 5.41) is 4.11. The summed E-state index contributed by atoms with van der Waals surface area (Å²) in [6, 6.07) is 21.0. The first-order valence-electron chi connectivity index (χ1n) is 9.69. The van der Waals surface area contributed by atoms with Crippen molar-refractivity contribution < 1.29 is 4.79 Å². The van der Waals surface area contributed by atoms with Crippen LogP contribution in [0.25, 0.3) is 11.0 Å². The molecule has 4 aromatic rings. The van der Waals surface area contributed by atoms with Gasteiger partial charge in [0, 0.05) is 12.1 Å². The Labute approximate surface area is 185 Å². The number of nitrogens with one attached hydrogen (secondary N) is 1. The molecule has 4 nitrogen and oxygen atoms in total. The lowest BCUT2D eigenvalue weighted by Crippen LogP contribution is -2.26. The maximum absolute atomic E-state index is 12.8. The number of nitrogens with zero attached hydrogens (tertiary/aromatic N) is 2. The Kier molecular flexibility index (Phi) is 5.80. The van der Waals surface area contributed by atoms with Crippen LogP contribution in [0.2, 0.25) is 10.0 Å². The van der Waals surface area contributed by atoms with E-state index in [0.717, 1.165) is 28.0 Å². The van der Waals surface area contributed by atoms with E-state index in [2.05, 4.69) is 14.9 Å². The van der Waals surface area contributed by atoms with Crippen LogP contribution in [0, 0.1) is 6.92 Å². The Morgan fingerprint density at radius 1 is 1.03 bits per heavy atom. The van der Waals surface area contributed by atoms with E-state index in [0.29, 0.717) is 22.2 Å². The quantitative estimate of drug-likeness (QED) is 0.404. The van der Waals surface area contributed by atoms with E-state index in [1.54, 1.807) is 6.07 Å². The van der Waals surface area contributed by atoms with Crippen LogP contribution in [0.4, 0.5) is 0 Å². The molecule has 1 heterocycles. The molecule has 1 amide bonds. The van der Waals surface area contributed by atoms with Crippen LogP contribution in [0.15, 0.2) is 66.7 Å². The Hall–Kier alpha value is -2.82. The molecule has 30 heavy (non-hydrogen) atoms. The summed E-state index contributed by atoms with van der Waals surface area (Å²) < 4.78 is 2.10. The standard InChI is InChI=1S/C24H21Cl2N3O/c1-15(18-6-4-3-5-7-18)27-24(30)19-9-11-23-22(13-19)28-16(2)29(23)14-17-8-10-20(25)21(26)12-17/h3-13,15H,14H2,1-2H3,(H,27,30)/t15-/m0/s1. The fourth-order valence-corrected chi connectivity index (χ4v) is 3.84. The van der Waals surface area contributed by atoms with Crippen molar-refractivity contribution in [1.82, 2.24) is 14.9 Å². The van der Waals surface area contributed by atoms with Crippen LogP contribution in [0.3, 0.4) is 0 Å². The van der Waals surface area contributed by atoms with Gasteiger partial charge in [0.2, 0.25) is 0 Å². The highest BCUT2D eigenvalue weighted by Gasteiger charge is 2.15. The van der Waals surface area contributed by atoms with Gasteiger partial charge in [-0.25, -0.2) is 4.98 Å². The second kappa shape index (κ2) is 8.50. The molecule has 4 rings (SSSR count). The molecule has 0 unspecified atom stereocenters. The Balaban J connectivity index is 1.57. The van der Waals surface area contributed by atoms with Crippen LogP contribution in [0.1, 0.15) is 40.3 Å². The largest absolute Gasteiger partial charge is 0.346 e. The molecular weight excluding hydrogens is 417 g/mol. The Morgan fingerprint density at radius 3 is 2.53 bits per heavy atom. The first-order chi connectivity index (χ1) is 14.4. The van der Waals surface area contributed by atoms with Crippen molar-refractivity contribution in [3.63, 3.8) is 0 Å². The van der Waals surface area contributed by atoms with Crippen molar-refractivity contribution in [1.29, 1.82) is 0 Å². The van der Waals surface area contributed by atoms with E-state index in [9.17, 15) is 4.79 Å². The Bertz CT molecular complexity index is 1220. The zero-order chi connectivity index (χ0) is 21.3. The number of amides is 1. The van der Waals surface area contributed by atoms with Crippen LogP contribution < -0.4 is 5.32 Å². The topological polar surface area (TPSA) is 46.9 Å². The van der Waals surface area contributed by atoms with Gasteiger partial charge in [-0.15, -0.1) is 0 Å². The van der Waals surface area contributed by atoms with Gasteiger partial charge in [-0.05, 0) is 55.3 Å². The maximum Gasteiger partial charge on any atom is 0.251 e. The van der Waals surface area contributed by atoms with E-state index in [-0.39, 0.29) is 11.9 Å². The number of halogens is 2. The molecule has 152 valence electrons. The summed E-state index contributed by atoms with van der Waals surface area (Å²) in [7, 11) is 0. The molecule has 0 aliphatic carbocycles. The normalized spacial score (nSPS) is 12.1. The number of aryl methyl sites for hydroxylation is 1. The second-order valence-corrected chi connectivity index (χ2v) is 8.12. The Morgan fingerprint density at radius 2 is 1.80 bits per heavy atom. The molecule has 3 aromatic carbocycles. The van der Waals surface area contributed by atoms with Crippen molar-refractivity contribution in [3.05, 3.63) is 99.3 Å². The van der Waals surface area contributed by atoms with Gasteiger partial charge in [-0.2, -0.15) is 0 Å². The summed E-state index contributed by atoms with van der Waals surface area (Å²) in [6.45, 7) is 4.55.